The predicted octanol–water partition coefficient (Wildman–Crippen LogP) is 3.14. The Balaban J connectivity index is 2.86. The Morgan fingerprint density at radius 2 is 1.95 bits per heavy atom. The Labute approximate surface area is 134 Å². The van der Waals surface area contributed by atoms with Crippen molar-refractivity contribution in [2.24, 2.45) is 5.14 Å². The number of halogens is 1. The van der Waals surface area contributed by atoms with Crippen molar-refractivity contribution in [1.29, 1.82) is 0 Å². The molecule has 0 spiro atoms. The Bertz CT molecular complexity index is 614. The number of carbonyl (C=O) groups excluding carboxylic acids is 1. The number of ether oxygens (including phenoxy) is 1. The Morgan fingerprint density at radius 1 is 1.29 bits per heavy atom. The van der Waals surface area contributed by atoms with Crippen molar-refractivity contribution in [3.8, 4) is 0 Å². The zero-order chi connectivity index (χ0) is 16.0. The van der Waals surface area contributed by atoms with Crippen LogP contribution in [0.5, 0.6) is 0 Å². The third kappa shape index (κ3) is 5.41. The number of rotatable bonds is 7. The van der Waals surface area contributed by atoms with Gasteiger partial charge in [0.1, 0.15) is 0 Å². The van der Waals surface area contributed by atoms with Crippen LogP contribution >= 0.6 is 15.9 Å². The van der Waals surface area contributed by atoms with Crippen molar-refractivity contribution in [3.63, 3.8) is 0 Å². The first-order chi connectivity index (χ1) is 9.77. The Morgan fingerprint density at radius 3 is 2.52 bits per heavy atom. The average Bonchev–Trinajstić information content (AvgIpc) is 2.40. The molecule has 0 amide bonds. The lowest BCUT2D eigenvalue weighted by Crippen LogP contribution is -2.15. The molecule has 5 nitrogen and oxygen atoms in total. The molecule has 1 aromatic rings. The summed E-state index contributed by atoms with van der Waals surface area (Å²) in [6.07, 6.45) is 4.01. The summed E-state index contributed by atoms with van der Waals surface area (Å²) in [7, 11) is -3.87. The highest BCUT2D eigenvalue weighted by Crippen LogP contribution is 2.25. The SMILES string of the molecule is CCCCCCOC(=O)c1cc(S(N)(=O)=O)cc(Br)c1C. The number of unbranched alkanes of at least 4 members (excludes halogenated alkanes) is 3. The number of nitrogens with two attached hydrogens (primary N) is 1. The van der Waals surface area contributed by atoms with E-state index in [0.717, 1.165) is 25.7 Å². The minimum Gasteiger partial charge on any atom is -0.462 e. The maximum Gasteiger partial charge on any atom is 0.338 e. The van der Waals surface area contributed by atoms with Crippen LogP contribution in [0.15, 0.2) is 21.5 Å². The van der Waals surface area contributed by atoms with Gasteiger partial charge >= 0.3 is 5.97 Å². The smallest absolute Gasteiger partial charge is 0.338 e. The molecule has 0 aliphatic heterocycles. The van der Waals surface area contributed by atoms with Crippen molar-refractivity contribution < 1.29 is 17.9 Å². The number of benzene rings is 1. The maximum atomic E-state index is 12.1. The lowest BCUT2D eigenvalue weighted by Gasteiger charge is -2.10. The molecule has 0 bridgehead atoms. The zero-order valence-electron chi connectivity index (χ0n) is 12.2. The maximum absolute atomic E-state index is 12.1. The summed E-state index contributed by atoms with van der Waals surface area (Å²) < 4.78 is 28.5. The minimum absolute atomic E-state index is 0.113. The number of hydrogen-bond donors (Lipinski definition) is 1. The fraction of sp³-hybridized carbons (Fsp3) is 0.500. The van der Waals surface area contributed by atoms with Crippen LogP contribution in [0.25, 0.3) is 0 Å². The van der Waals surface area contributed by atoms with Gasteiger partial charge in [-0.25, -0.2) is 18.4 Å². The highest BCUT2D eigenvalue weighted by Gasteiger charge is 2.18. The summed E-state index contributed by atoms with van der Waals surface area (Å²) in [5.41, 5.74) is 0.838. The number of esters is 1. The van der Waals surface area contributed by atoms with Gasteiger partial charge in [0.05, 0.1) is 17.1 Å². The molecule has 0 radical (unpaired) electrons. The molecule has 2 N–H and O–H groups in total. The van der Waals surface area contributed by atoms with Crippen LogP contribution in [0.1, 0.15) is 48.5 Å². The molecule has 1 rings (SSSR count). The summed E-state index contributed by atoms with van der Waals surface area (Å²) in [5.74, 6) is -0.532. The van der Waals surface area contributed by atoms with E-state index < -0.39 is 16.0 Å². The summed E-state index contributed by atoms with van der Waals surface area (Å²) in [6, 6.07) is 2.63. The second kappa shape index (κ2) is 7.91. The van der Waals surface area contributed by atoms with E-state index in [4.69, 9.17) is 9.88 Å². The van der Waals surface area contributed by atoms with Gasteiger partial charge in [0.25, 0.3) is 0 Å². The minimum atomic E-state index is -3.87. The fourth-order valence-electron chi connectivity index (χ4n) is 1.80. The van der Waals surface area contributed by atoms with Crippen LogP contribution in [0.4, 0.5) is 0 Å². The van der Waals surface area contributed by atoms with Crippen LogP contribution in [0, 0.1) is 6.92 Å². The van der Waals surface area contributed by atoms with Gasteiger partial charge in [0.15, 0.2) is 0 Å². The van der Waals surface area contributed by atoms with E-state index in [0.29, 0.717) is 16.6 Å². The van der Waals surface area contributed by atoms with Crippen LogP contribution < -0.4 is 5.14 Å². The van der Waals surface area contributed by atoms with Crippen molar-refractivity contribution in [3.05, 3.63) is 27.7 Å². The third-order valence-corrected chi connectivity index (χ3v) is 4.81. The van der Waals surface area contributed by atoms with Crippen molar-refractivity contribution in [1.82, 2.24) is 0 Å². The van der Waals surface area contributed by atoms with Crippen molar-refractivity contribution >= 4 is 31.9 Å². The molecule has 0 heterocycles. The van der Waals surface area contributed by atoms with Gasteiger partial charge in [-0.2, -0.15) is 0 Å². The largest absolute Gasteiger partial charge is 0.462 e. The number of primary sulfonamides is 1. The molecule has 0 atom stereocenters. The molecule has 1 aromatic carbocycles. The third-order valence-electron chi connectivity index (χ3n) is 3.10. The summed E-state index contributed by atoms with van der Waals surface area (Å²) in [6.45, 7) is 4.14. The van der Waals surface area contributed by atoms with Gasteiger partial charge in [-0.05, 0) is 31.0 Å². The quantitative estimate of drug-likeness (QED) is 0.583. The predicted molar refractivity (Wildman–Crippen MR) is 84.7 cm³/mol. The first-order valence-electron chi connectivity index (χ1n) is 6.77. The monoisotopic (exact) mass is 377 g/mol. The molecule has 0 fully saturated rings. The topological polar surface area (TPSA) is 86.5 Å². The average molecular weight is 378 g/mol. The zero-order valence-corrected chi connectivity index (χ0v) is 14.6. The first kappa shape index (κ1) is 18.1. The van der Waals surface area contributed by atoms with E-state index in [1.165, 1.54) is 12.1 Å². The number of carbonyl (C=O) groups is 1. The normalized spacial score (nSPS) is 11.4. The van der Waals surface area contributed by atoms with Gasteiger partial charge in [-0.3, -0.25) is 0 Å². The van der Waals surface area contributed by atoms with Crippen LogP contribution in [0.3, 0.4) is 0 Å². The molecule has 0 unspecified atom stereocenters. The van der Waals surface area contributed by atoms with E-state index in [1.807, 2.05) is 0 Å². The van der Waals surface area contributed by atoms with Crippen molar-refractivity contribution in [2.45, 2.75) is 44.4 Å². The highest BCUT2D eigenvalue weighted by atomic mass is 79.9. The molecular formula is C14H20BrNO4S. The number of sulfonamides is 1. The van der Waals surface area contributed by atoms with E-state index in [9.17, 15) is 13.2 Å². The van der Waals surface area contributed by atoms with Crippen molar-refractivity contribution in [2.75, 3.05) is 6.61 Å². The Kier molecular flexibility index (Phi) is 6.83. The second-order valence-corrected chi connectivity index (χ2v) is 7.24. The first-order valence-corrected chi connectivity index (χ1v) is 9.11. The van der Waals surface area contributed by atoms with Gasteiger partial charge in [0, 0.05) is 4.47 Å². The second-order valence-electron chi connectivity index (χ2n) is 4.82. The molecular weight excluding hydrogens is 358 g/mol. The summed E-state index contributed by atoms with van der Waals surface area (Å²) in [5, 5.41) is 5.10. The van der Waals surface area contributed by atoms with E-state index in [1.54, 1.807) is 6.92 Å². The molecule has 0 saturated heterocycles. The van der Waals surface area contributed by atoms with Gasteiger partial charge in [0.2, 0.25) is 10.0 Å². The molecule has 0 aliphatic rings. The summed E-state index contributed by atoms with van der Waals surface area (Å²) in [4.78, 5) is 11.9. The van der Waals surface area contributed by atoms with Crippen LogP contribution in [-0.4, -0.2) is 21.0 Å². The van der Waals surface area contributed by atoms with E-state index in [2.05, 4.69) is 22.9 Å². The standard InChI is InChI=1S/C14H20BrNO4S/c1-3-4-5-6-7-20-14(17)12-8-11(21(16,18)19)9-13(15)10(12)2/h8-9H,3-7H2,1-2H3,(H2,16,18,19). The van der Waals surface area contributed by atoms with E-state index >= 15 is 0 Å². The molecule has 7 heteroatoms. The fourth-order valence-corrected chi connectivity index (χ4v) is 2.98. The molecule has 0 saturated carbocycles. The molecule has 0 aromatic heterocycles. The van der Waals surface area contributed by atoms with Gasteiger partial charge in [-0.1, -0.05) is 42.1 Å². The van der Waals surface area contributed by atoms with Crippen LogP contribution in [-0.2, 0) is 14.8 Å². The van der Waals surface area contributed by atoms with Gasteiger partial charge in [-0.15, -0.1) is 0 Å². The lowest BCUT2D eigenvalue weighted by atomic mass is 10.1. The van der Waals surface area contributed by atoms with Crippen LogP contribution in [0.2, 0.25) is 0 Å². The summed E-state index contributed by atoms with van der Waals surface area (Å²) >= 11 is 3.23. The Hall–Kier alpha value is -0.920. The van der Waals surface area contributed by atoms with Gasteiger partial charge < -0.3 is 4.74 Å². The number of hydrogen-bond acceptors (Lipinski definition) is 4. The molecule has 118 valence electrons. The van der Waals surface area contributed by atoms with E-state index in [-0.39, 0.29) is 10.5 Å². The lowest BCUT2D eigenvalue weighted by molar-refractivity contribution is 0.0496. The molecule has 21 heavy (non-hydrogen) atoms. The molecule has 0 aliphatic carbocycles. The highest BCUT2D eigenvalue weighted by molar-refractivity contribution is 9.10.